The third-order valence-corrected chi connectivity index (χ3v) is 3.47. The molecule has 0 heterocycles. The van der Waals surface area contributed by atoms with Crippen molar-refractivity contribution < 1.29 is 14.9 Å². The molecule has 0 amide bonds. The maximum atomic E-state index is 9.79. The number of hydrogen-bond donors (Lipinski definition) is 3. The van der Waals surface area contributed by atoms with E-state index in [9.17, 15) is 10.2 Å². The molecule has 1 saturated carbocycles. The lowest BCUT2D eigenvalue weighted by molar-refractivity contribution is -0.0461. The predicted octanol–water partition coefficient (Wildman–Crippen LogP) is 1.30. The molecule has 1 aliphatic rings. The largest absolute Gasteiger partial charge is 0.389 e. The van der Waals surface area contributed by atoms with Crippen LogP contribution in [-0.2, 0) is 4.74 Å². The first-order chi connectivity index (χ1) is 8.38. The Bertz CT molecular complexity index is 228. The zero-order chi connectivity index (χ0) is 13.6. The highest BCUT2D eigenvalue weighted by molar-refractivity contribution is 4.74. The van der Waals surface area contributed by atoms with Crippen LogP contribution < -0.4 is 5.32 Å². The number of aliphatic hydroxyl groups is 2. The standard InChI is InChI=1S/C14H29NO3/c1-11-6-4-5-7-13(11)18-9-12(16)8-15-10-14(2,3)17/h11-13,15-17H,4-10H2,1-3H3. The zero-order valence-electron chi connectivity index (χ0n) is 12.0. The van der Waals surface area contributed by atoms with E-state index in [1.54, 1.807) is 13.8 Å². The van der Waals surface area contributed by atoms with Gasteiger partial charge in [-0.1, -0.05) is 19.8 Å². The molecule has 0 aromatic rings. The summed E-state index contributed by atoms with van der Waals surface area (Å²) < 4.78 is 5.79. The smallest absolute Gasteiger partial charge is 0.0897 e. The second kappa shape index (κ2) is 7.43. The van der Waals surface area contributed by atoms with Crippen LogP contribution in [0.5, 0.6) is 0 Å². The maximum Gasteiger partial charge on any atom is 0.0897 e. The van der Waals surface area contributed by atoms with Crippen LogP contribution >= 0.6 is 0 Å². The van der Waals surface area contributed by atoms with Gasteiger partial charge in [-0.25, -0.2) is 0 Å². The Morgan fingerprint density at radius 3 is 2.61 bits per heavy atom. The molecular weight excluding hydrogens is 230 g/mol. The number of nitrogens with one attached hydrogen (secondary N) is 1. The van der Waals surface area contributed by atoms with E-state index >= 15 is 0 Å². The van der Waals surface area contributed by atoms with Crippen molar-refractivity contribution in [2.45, 2.75) is 64.3 Å². The van der Waals surface area contributed by atoms with Crippen LogP contribution in [0.25, 0.3) is 0 Å². The van der Waals surface area contributed by atoms with Crippen molar-refractivity contribution in [2.75, 3.05) is 19.7 Å². The van der Waals surface area contributed by atoms with Gasteiger partial charge < -0.3 is 20.3 Å². The van der Waals surface area contributed by atoms with Crippen molar-refractivity contribution in [1.82, 2.24) is 5.32 Å². The van der Waals surface area contributed by atoms with Gasteiger partial charge in [0.1, 0.15) is 0 Å². The summed E-state index contributed by atoms with van der Waals surface area (Å²) in [5, 5.41) is 22.4. The maximum absolute atomic E-state index is 9.79. The van der Waals surface area contributed by atoms with E-state index in [0.717, 1.165) is 6.42 Å². The molecule has 0 aromatic carbocycles. The average molecular weight is 259 g/mol. The number of ether oxygens (including phenoxy) is 1. The van der Waals surface area contributed by atoms with E-state index in [1.807, 2.05) is 0 Å². The lowest BCUT2D eigenvalue weighted by atomic mass is 9.88. The van der Waals surface area contributed by atoms with Gasteiger partial charge in [0.2, 0.25) is 0 Å². The van der Waals surface area contributed by atoms with E-state index in [-0.39, 0.29) is 0 Å². The fourth-order valence-corrected chi connectivity index (χ4v) is 2.37. The number of hydrogen-bond acceptors (Lipinski definition) is 4. The predicted molar refractivity (Wildman–Crippen MR) is 72.5 cm³/mol. The highest BCUT2D eigenvalue weighted by Gasteiger charge is 2.22. The first-order valence-electron chi connectivity index (χ1n) is 7.11. The Hall–Kier alpha value is -0.160. The molecule has 3 N–H and O–H groups in total. The first-order valence-corrected chi connectivity index (χ1v) is 7.11. The molecule has 0 saturated heterocycles. The highest BCUT2D eigenvalue weighted by atomic mass is 16.5. The molecular formula is C14H29NO3. The van der Waals surface area contributed by atoms with Crippen molar-refractivity contribution in [1.29, 1.82) is 0 Å². The molecule has 108 valence electrons. The molecule has 0 aromatic heterocycles. The summed E-state index contributed by atoms with van der Waals surface area (Å²) in [5.41, 5.74) is -0.738. The lowest BCUT2D eigenvalue weighted by Gasteiger charge is -2.29. The Labute approximate surface area is 111 Å². The molecule has 0 aliphatic heterocycles. The first kappa shape index (κ1) is 15.9. The normalized spacial score (nSPS) is 27.2. The molecule has 0 bridgehead atoms. The molecule has 1 aliphatic carbocycles. The van der Waals surface area contributed by atoms with Gasteiger partial charge in [-0.15, -0.1) is 0 Å². The number of aliphatic hydroxyl groups excluding tert-OH is 1. The van der Waals surface area contributed by atoms with Crippen molar-refractivity contribution in [3.05, 3.63) is 0 Å². The van der Waals surface area contributed by atoms with Gasteiger partial charge in [-0.05, 0) is 32.6 Å². The third-order valence-electron chi connectivity index (χ3n) is 3.47. The van der Waals surface area contributed by atoms with E-state index < -0.39 is 11.7 Å². The van der Waals surface area contributed by atoms with Gasteiger partial charge in [-0.2, -0.15) is 0 Å². The summed E-state index contributed by atoms with van der Waals surface area (Å²) in [6.45, 7) is 7.03. The Kier molecular flexibility index (Phi) is 6.57. The van der Waals surface area contributed by atoms with E-state index in [2.05, 4.69) is 12.2 Å². The van der Waals surface area contributed by atoms with E-state index in [0.29, 0.717) is 31.7 Å². The molecule has 0 radical (unpaired) electrons. The minimum Gasteiger partial charge on any atom is -0.389 e. The number of rotatable bonds is 7. The molecule has 1 fully saturated rings. The summed E-state index contributed by atoms with van der Waals surface area (Å²) in [6, 6.07) is 0. The summed E-state index contributed by atoms with van der Waals surface area (Å²) in [5.74, 6) is 0.607. The van der Waals surface area contributed by atoms with Crippen LogP contribution in [0.3, 0.4) is 0 Å². The van der Waals surface area contributed by atoms with Crippen LogP contribution in [0, 0.1) is 5.92 Å². The topological polar surface area (TPSA) is 61.7 Å². The van der Waals surface area contributed by atoms with Gasteiger partial charge in [0.15, 0.2) is 0 Å². The minimum absolute atomic E-state index is 0.308. The SMILES string of the molecule is CC1CCCCC1OCC(O)CNCC(C)(C)O. The zero-order valence-corrected chi connectivity index (χ0v) is 12.0. The molecule has 4 nitrogen and oxygen atoms in total. The van der Waals surface area contributed by atoms with Crippen LogP contribution in [0.4, 0.5) is 0 Å². The molecule has 3 unspecified atom stereocenters. The lowest BCUT2D eigenvalue weighted by Crippen LogP contribution is -2.40. The molecule has 18 heavy (non-hydrogen) atoms. The van der Waals surface area contributed by atoms with Crippen LogP contribution in [0.2, 0.25) is 0 Å². The van der Waals surface area contributed by atoms with Crippen LogP contribution in [0.15, 0.2) is 0 Å². The van der Waals surface area contributed by atoms with Crippen molar-refractivity contribution in [3.63, 3.8) is 0 Å². The molecule has 3 atom stereocenters. The van der Waals surface area contributed by atoms with Gasteiger partial charge in [-0.3, -0.25) is 0 Å². The average Bonchev–Trinajstić information content (AvgIpc) is 2.26. The quantitative estimate of drug-likeness (QED) is 0.645. The summed E-state index contributed by atoms with van der Waals surface area (Å²) in [6.07, 6.45) is 4.70. The Morgan fingerprint density at radius 2 is 2.00 bits per heavy atom. The highest BCUT2D eigenvalue weighted by Crippen LogP contribution is 2.26. The van der Waals surface area contributed by atoms with Gasteiger partial charge in [0, 0.05) is 13.1 Å². The molecule has 0 spiro atoms. The fraction of sp³-hybridized carbons (Fsp3) is 1.00. The third kappa shape index (κ3) is 6.69. The molecule has 1 rings (SSSR count). The van der Waals surface area contributed by atoms with Gasteiger partial charge in [0.25, 0.3) is 0 Å². The summed E-state index contributed by atoms with van der Waals surface area (Å²) in [7, 11) is 0. The monoisotopic (exact) mass is 259 g/mol. The minimum atomic E-state index is -0.738. The van der Waals surface area contributed by atoms with Crippen molar-refractivity contribution in [2.24, 2.45) is 5.92 Å². The van der Waals surface area contributed by atoms with Crippen molar-refractivity contribution >= 4 is 0 Å². The summed E-state index contributed by atoms with van der Waals surface area (Å²) >= 11 is 0. The molecule has 4 heteroatoms. The Morgan fingerprint density at radius 1 is 1.33 bits per heavy atom. The van der Waals surface area contributed by atoms with Crippen LogP contribution in [0.1, 0.15) is 46.5 Å². The summed E-state index contributed by atoms with van der Waals surface area (Å²) in [4.78, 5) is 0. The second-order valence-corrected chi connectivity index (χ2v) is 6.23. The Balaban J connectivity index is 2.10. The van der Waals surface area contributed by atoms with E-state index in [1.165, 1.54) is 19.3 Å². The van der Waals surface area contributed by atoms with Crippen molar-refractivity contribution in [3.8, 4) is 0 Å². The van der Waals surface area contributed by atoms with Crippen LogP contribution in [-0.4, -0.2) is 47.7 Å². The second-order valence-electron chi connectivity index (χ2n) is 6.23. The fourth-order valence-electron chi connectivity index (χ4n) is 2.37. The van der Waals surface area contributed by atoms with Gasteiger partial charge in [0.05, 0.1) is 24.4 Å². The van der Waals surface area contributed by atoms with E-state index in [4.69, 9.17) is 4.74 Å². The van der Waals surface area contributed by atoms with Gasteiger partial charge >= 0.3 is 0 Å².